The smallest absolute Gasteiger partial charge is 0.269 e. The van der Waals surface area contributed by atoms with E-state index in [4.69, 9.17) is 11.6 Å². The summed E-state index contributed by atoms with van der Waals surface area (Å²) >= 11 is 7.50. The lowest BCUT2D eigenvalue weighted by atomic mass is 10.1. The highest BCUT2D eigenvalue weighted by Crippen LogP contribution is 2.31. The van der Waals surface area contributed by atoms with Crippen molar-refractivity contribution in [2.24, 2.45) is 0 Å². The molecule has 0 aliphatic carbocycles. The molecule has 172 valence electrons. The van der Waals surface area contributed by atoms with Crippen LogP contribution in [0.25, 0.3) is 17.1 Å². The van der Waals surface area contributed by atoms with E-state index in [2.05, 4.69) is 15.5 Å². The third-order valence-corrected chi connectivity index (χ3v) is 6.25. The van der Waals surface area contributed by atoms with Crippen molar-refractivity contribution in [2.75, 3.05) is 5.32 Å². The van der Waals surface area contributed by atoms with E-state index in [0.717, 1.165) is 16.8 Å². The van der Waals surface area contributed by atoms with E-state index in [9.17, 15) is 14.9 Å². The van der Waals surface area contributed by atoms with Gasteiger partial charge in [0, 0.05) is 28.4 Å². The van der Waals surface area contributed by atoms with Crippen LogP contribution in [0, 0.1) is 17.0 Å². The quantitative estimate of drug-likeness (QED) is 0.194. The molecule has 0 saturated carbocycles. The number of rotatable bonds is 7. The second-order valence-corrected chi connectivity index (χ2v) is 9.29. The summed E-state index contributed by atoms with van der Waals surface area (Å²) in [5.41, 5.74) is 3.18. The summed E-state index contributed by atoms with van der Waals surface area (Å²) in [6.45, 7) is 3.76. The van der Waals surface area contributed by atoms with Crippen LogP contribution in [-0.2, 0) is 4.79 Å². The molecule has 0 fully saturated rings. The number of aryl methyl sites for hydroxylation is 1. The highest BCUT2D eigenvalue weighted by molar-refractivity contribution is 8.00. The highest BCUT2D eigenvalue weighted by atomic mass is 35.5. The lowest BCUT2D eigenvalue weighted by Crippen LogP contribution is -2.22. The Morgan fingerprint density at radius 3 is 2.50 bits per heavy atom. The van der Waals surface area contributed by atoms with Gasteiger partial charge in [0.05, 0.1) is 15.9 Å². The molecule has 1 N–H and O–H groups in total. The van der Waals surface area contributed by atoms with Gasteiger partial charge < -0.3 is 5.32 Å². The van der Waals surface area contributed by atoms with Gasteiger partial charge in [0.2, 0.25) is 5.91 Å². The van der Waals surface area contributed by atoms with Crippen molar-refractivity contribution >= 4 is 40.6 Å². The molecule has 1 aromatic heterocycles. The van der Waals surface area contributed by atoms with Gasteiger partial charge in [0.15, 0.2) is 11.0 Å². The van der Waals surface area contributed by atoms with E-state index in [0.29, 0.717) is 21.7 Å². The van der Waals surface area contributed by atoms with E-state index in [-0.39, 0.29) is 11.6 Å². The highest BCUT2D eigenvalue weighted by Gasteiger charge is 2.22. The van der Waals surface area contributed by atoms with Crippen molar-refractivity contribution in [1.29, 1.82) is 0 Å². The number of nitrogens with one attached hydrogen (secondary N) is 1. The van der Waals surface area contributed by atoms with Crippen LogP contribution >= 0.6 is 23.4 Å². The van der Waals surface area contributed by atoms with Crippen LogP contribution in [-0.4, -0.2) is 30.8 Å². The summed E-state index contributed by atoms with van der Waals surface area (Å²) < 4.78 is 1.88. The lowest BCUT2D eigenvalue weighted by molar-refractivity contribution is -0.384. The standard InChI is InChI=1S/C24H20ClN5O3S/c1-15-5-3-6-17(13-15)22-27-28-24(29(22)21-8-4-7-18(25)14-21)34-16(2)23(31)26-19-9-11-20(12-10-19)30(32)33/h3-14,16H,1-2H3,(H,26,31)/t16-/m1/s1. The van der Waals surface area contributed by atoms with Crippen molar-refractivity contribution in [3.05, 3.63) is 93.5 Å². The Balaban J connectivity index is 1.62. The molecule has 0 radical (unpaired) electrons. The number of aromatic nitrogens is 3. The first-order valence-electron chi connectivity index (χ1n) is 10.3. The molecule has 10 heteroatoms. The van der Waals surface area contributed by atoms with Gasteiger partial charge in [-0.2, -0.15) is 0 Å². The molecular weight excluding hydrogens is 474 g/mol. The van der Waals surface area contributed by atoms with Crippen molar-refractivity contribution in [3.8, 4) is 17.1 Å². The van der Waals surface area contributed by atoms with Crippen molar-refractivity contribution < 1.29 is 9.72 Å². The minimum atomic E-state index is -0.525. The van der Waals surface area contributed by atoms with Crippen LogP contribution in [0.2, 0.25) is 5.02 Å². The first-order valence-corrected chi connectivity index (χ1v) is 11.6. The molecule has 0 aliphatic heterocycles. The number of hydrogen-bond acceptors (Lipinski definition) is 6. The first kappa shape index (κ1) is 23.5. The third kappa shape index (κ3) is 5.27. The zero-order valence-corrected chi connectivity index (χ0v) is 19.9. The van der Waals surface area contributed by atoms with E-state index >= 15 is 0 Å². The minimum absolute atomic E-state index is 0.0428. The van der Waals surface area contributed by atoms with E-state index in [1.807, 2.05) is 54.0 Å². The summed E-state index contributed by atoms with van der Waals surface area (Å²) in [5.74, 6) is 0.369. The molecule has 34 heavy (non-hydrogen) atoms. The maximum Gasteiger partial charge on any atom is 0.269 e. The Kier molecular flexibility index (Phi) is 6.95. The van der Waals surface area contributed by atoms with Gasteiger partial charge in [-0.25, -0.2) is 0 Å². The van der Waals surface area contributed by atoms with Crippen LogP contribution in [0.3, 0.4) is 0 Å². The molecule has 4 rings (SSSR count). The summed E-state index contributed by atoms with van der Waals surface area (Å²) in [6.07, 6.45) is 0. The molecule has 1 amide bonds. The average Bonchev–Trinajstić information content (AvgIpc) is 3.23. The average molecular weight is 494 g/mol. The fraction of sp³-hybridized carbons (Fsp3) is 0.125. The Morgan fingerprint density at radius 2 is 1.82 bits per heavy atom. The molecular formula is C24H20ClN5O3S. The fourth-order valence-corrected chi connectivity index (χ4v) is 4.34. The number of nitro groups is 1. The largest absolute Gasteiger partial charge is 0.325 e. The Bertz CT molecular complexity index is 1360. The molecule has 8 nitrogen and oxygen atoms in total. The van der Waals surface area contributed by atoms with Crippen LogP contribution in [0.5, 0.6) is 0 Å². The predicted molar refractivity (Wildman–Crippen MR) is 134 cm³/mol. The zero-order valence-electron chi connectivity index (χ0n) is 18.3. The SMILES string of the molecule is Cc1cccc(-c2nnc(S[C@H](C)C(=O)Nc3ccc([N+](=O)[O-])cc3)n2-c2cccc(Cl)c2)c1. The third-order valence-electron chi connectivity index (χ3n) is 4.97. The summed E-state index contributed by atoms with van der Waals surface area (Å²) in [6, 6.07) is 21.0. The second-order valence-electron chi connectivity index (χ2n) is 7.54. The molecule has 0 bridgehead atoms. The van der Waals surface area contributed by atoms with Crippen molar-refractivity contribution in [1.82, 2.24) is 14.8 Å². The predicted octanol–water partition coefficient (Wildman–Crippen LogP) is 5.92. The normalized spacial score (nSPS) is 11.7. The molecule has 1 atom stereocenters. The number of benzene rings is 3. The van der Waals surface area contributed by atoms with E-state index < -0.39 is 10.2 Å². The van der Waals surface area contributed by atoms with Gasteiger partial charge in [-0.3, -0.25) is 19.5 Å². The van der Waals surface area contributed by atoms with Crippen LogP contribution < -0.4 is 5.32 Å². The van der Waals surface area contributed by atoms with E-state index in [1.54, 1.807) is 13.0 Å². The lowest BCUT2D eigenvalue weighted by Gasteiger charge is -2.14. The topological polar surface area (TPSA) is 103 Å². The van der Waals surface area contributed by atoms with Gasteiger partial charge in [-0.15, -0.1) is 10.2 Å². The number of thioether (sulfide) groups is 1. The summed E-state index contributed by atoms with van der Waals surface area (Å²) in [7, 11) is 0. The molecule has 4 aromatic rings. The number of nitrogens with zero attached hydrogens (tertiary/aromatic N) is 4. The number of halogens is 1. The number of anilines is 1. The maximum atomic E-state index is 12.8. The van der Waals surface area contributed by atoms with Gasteiger partial charge in [-0.1, -0.05) is 53.2 Å². The summed E-state index contributed by atoms with van der Waals surface area (Å²) in [5, 5.41) is 23.0. The second kappa shape index (κ2) is 10.1. The monoisotopic (exact) mass is 493 g/mol. The van der Waals surface area contributed by atoms with Crippen molar-refractivity contribution in [2.45, 2.75) is 24.3 Å². The molecule has 0 aliphatic rings. The van der Waals surface area contributed by atoms with Gasteiger partial charge in [0.1, 0.15) is 0 Å². The molecule has 3 aromatic carbocycles. The maximum absolute atomic E-state index is 12.8. The number of non-ortho nitro benzene ring substituents is 1. The number of carbonyl (C=O) groups is 1. The molecule has 0 spiro atoms. The molecule has 0 saturated heterocycles. The number of amides is 1. The van der Waals surface area contributed by atoms with Gasteiger partial charge in [-0.05, 0) is 50.2 Å². The molecule has 0 unspecified atom stereocenters. The number of hydrogen-bond donors (Lipinski definition) is 1. The van der Waals surface area contributed by atoms with Gasteiger partial charge in [0.25, 0.3) is 5.69 Å². The van der Waals surface area contributed by atoms with Crippen LogP contribution in [0.1, 0.15) is 12.5 Å². The van der Waals surface area contributed by atoms with Crippen LogP contribution in [0.4, 0.5) is 11.4 Å². The molecule has 1 heterocycles. The first-order chi connectivity index (χ1) is 16.3. The van der Waals surface area contributed by atoms with Crippen molar-refractivity contribution in [3.63, 3.8) is 0 Å². The Labute approximate surface area is 205 Å². The number of carbonyl (C=O) groups excluding carboxylic acids is 1. The summed E-state index contributed by atoms with van der Waals surface area (Å²) in [4.78, 5) is 23.2. The fourth-order valence-electron chi connectivity index (χ4n) is 3.29. The minimum Gasteiger partial charge on any atom is -0.325 e. The van der Waals surface area contributed by atoms with Crippen LogP contribution in [0.15, 0.2) is 78.0 Å². The zero-order chi connectivity index (χ0) is 24.2. The Morgan fingerprint density at radius 1 is 1.09 bits per heavy atom. The Hall–Kier alpha value is -3.69. The van der Waals surface area contributed by atoms with Gasteiger partial charge >= 0.3 is 0 Å². The van der Waals surface area contributed by atoms with E-state index in [1.165, 1.54) is 36.0 Å². The number of nitro benzene ring substituents is 1.